The van der Waals surface area contributed by atoms with Crippen LogP contribution in [0.2, 0.25) is 0 Å². The maximum Gasteiger partial charge on any atom is 0.170 e. The topological polar surface area (TPSA) is 96.2 Å². The summed E-state index contributed by atoms with van der Waals surface area (Å²) in [5, 5.41) is 33.2. The third-order valence-electron chi connectivity index (χ3n) is 9.16. The Kier molecular flexibility index (Phi) is 3.53. The van der Waals surface area contributed by atoms with Crippen LogP contribution in [0.5, 0.6) is 0 Å². The lowest BCUT2D eigenvalue weighted by Gasteiger charge is -2.73. The Hall–Kier alpha value is -0.790. The summed E-state index contributed by atoms with van der Waals surface area (Å²) < 4.78 is 12.1. The van der Waals surface area contributed by atoms with Crippen molar-refractivity contribution in [2.24, 2.45) is 34.0 Å². The van der Waals surface area contributed by atoms with Gasteiger partial charge < -0.3 is 24.8 Å². The summed E-state index contributed by atoms with van der Waals surface area (Å²) in [6.07, 6.45) is -1.05. The van der Waals surface area contributed by atoms with Crippen molar-refractivity contribution < 1.29 is 29.6 Å². The molecule has 6 nitrogen and oxygen atoms in total. The Morgan fingerprint density at radius 1 is 1.22 bits per heavy atom. The number of aliphatic hydroxyl groups excluding tert-OH is 3. The number of fused-ring (bicyclic) bond motifs is 2. The van der Waals surface area contributed by atoms with Crippen molar-refractivity contribution in [3.05, 3.63) is 12.2 Å². The molecular weight excluding hydrogens is 348 g/mol. The van der Waals surface area contributed by atoms with Gasteiger partial charge in [-0.15, -0.1) is 0 Å². The zero-order valence-electron chi connectivity index (χ0n) is 16.2. The van der Waals surface area contributed by atoms with Crippen LogP contribution in [0, 0.1) is 34.0 Å². The van der Waals surface area contributed by atoms with Crippen molar-refractivity contribution in [2.75, 3.05) is 7.11 Å². The highest BCUT2D eigenvalue weighted by Gasteiger charge is 2.82. The van der Waals surface area contributed by atoms with Crippen molar-refractivity contribution in [3.8, 4) is 0 Å². The van der Waals surface area contributed by atoms with E-state index in [0.29, 0.717) is 31.3 Å². The number of hydrogen-bond acceptors (Lipinski definition) is 6. The molecule has 1 unspecified atom stereocenters. The van der Waals surface area contributed by atoms with E-state index < -0.39 is 58.8 Å². The lowest BCUT2D eigenvalue weighted by Crippen LogP contribution is -2.79. The molecule has 27 heavy (non-hydrogen) atoms. The monoisotopic (exact) mass is 378 g/mol. The maximum atomic E-state index is 13.4. The van der Waals surface area contributed by atoms with Crippen LogP contribution in [0.3, 0.4) is 0 Å². The Balaban J connectivity index is 1.76. The van der Waals surface area contributed by atoms with Gasteiger partial charge in [-0.3, -0.25) is 4.79 Å². The van der Waals surface area contributed by atoms with Crippen LogP contribution in [-0.4, -0.2) is 58.9 Å². The van der Waals surface area contributed by atoms with Gasteiger partial charge in [-0.2, -0.15) is 0 Å². The highest BCUT2D eigenvalue weighted by atomic mass is 16.7. The minimum Gasteiger partial charge on any atom is -0.393 e. The van der Waals surface area contributed by atoms with E-state index in [1.54, 1.807) is 7.11 Å². The molecule has 4 aliphatic carbocycles. The van der Waals surface area contributed by atoms with Crippen LogP contribution in [0.25, 0.3) is 0 Å². The zero-order chi connectivity index (χ0) is 19.5. The molecular formula is C21H30O6. The van der Waals surface area contributed by atoms with Gasteiger partial charge in [0, 0.05) is 24.4 Å². The molecule has 6 fully saturated rings. The fourth-order valence-corrected chi connectivity index (χ4v) is 8.07. The number of hydrogen-bond donors (Lipinski definition) is 3. The maximum absolute atomic E-state index is 13.4. The predicted octanol–water partition coefficient (Wildman–Crippen LogP) is 1.03. The van der Waals surface area contributed by atoms with Gasteiger partial charge in [0.2, 0.25) is 0 Å². The summed E-state index contributed by atoms with van der Waals surface area (Å²) in [4.78, 5) is 13.4. The average Bonchev–Trinajstić information content (AvgIpc) is 2.75. The van der Waals surface area contributed by atoms with E-state index >= 15 is 0 Å². The summed E-state index contributed by atoms with van der Waals surface area (Å²) >= 11 is 0. The first-order chi connectivity index (χ1) is 12.6. The molecule has 150 valence electrons. The summed E-state index contributed by atoms with van der Waals surface area (Å²) in [5.74, 6) is -0.946. The predicted molar refractivity (Wildman–Crippen MR) is 95.4 cm³/mol. The molecule has 0 radical (unpaired) electrons. The molecule has 4 saturated carbocycles. The lowest BCUT2D eigenvalue weighted by molar-refractivity contribution is -0.403. The molecule has 2 saturated heterocycles. The SMILES string of the molecule is C=C1C(=O)[C@@]23C4C[C@@H]5C(C)(C)[C@H](O)CC[C@]5([C@H](OC)O4)[C@@H]2[C@@H](O)C[C@@H]1[C@H]3O. The molecule has 3 N–H and O–H groups in total. The number of ether oxygens (including phenoxy) is 2. The van der Waals surface area contributed by atoms with E-state index in [-0.39, 0.29) is 11.7 Å². The lowest BCUT2D eigenvalue weighted by atomic mass is 9.36. The summed E-state index contributed by atoms with van der Waals surface area (Å²) in [7, 11) is 1.60. The van der Waals surface area contributed by atoms with Gasteiger partial charge in [0.1, 0.15) is 0 Å². The van der Waals surface area contributed by atoms with Gasteiger partial charge in [-0.05, 0) is 42.6 Å². The summed E-state index contributed by atoms with van der Waals surface area (Å²) in [6.45, 7) is 8.09. The second-order valence-electron chi connectivity index (χ2n) is 10.1. The molecule has 6 aliphatic rings. The molecule has 6 heteroatoms. The fraction of sp³-hybridized carbons (Fsp3) is 0.857. The number of methoxy groups -OCH3 is 1. The molecule has 2 heterocycles. The van der Waals surface area contributed by atoms with E-state index in [0.717, 1.165) is 0 Å². The summed E-state index contributed by atoms with van der Waals surface area (Å²) in [5.41, 5.74) is -1.71. The molecule has 10 atom stereocenters. The average molecular weight is 378 g/mol. The first-order valence-electron chi connectivity index (χ1n) is 10.1. The Bertz CT molecular complexity index is 717. The van der Waals surface area contributed by atoms with Crippen molar-refractivity contribution >= 4 is 5.78 Å². The van der Waals surface area contributed by atoms with E-state index in [1.165, 1.54) is 0 Å². The minimum atomic E-state index is -1.14. The summed E-state index contributed by atoms with van der Waals surface area (Å²) in [6, 6.07) is 0. The van der Waals surface area contributed by atoms with E-state index in [2.05, 4.69) is 20.4 Å². The Morgan fingerprint density at radius 3 is 2.59 bits per heavy atom. The van der Waals surface area contributed by atoms with Crippen LogP contribution in [-0.2, 0) is 14.3 Å². The van der Waals surface area contributed by atoms with Crippen LogP contribution in [0.15, 0.2) is 12.2 Å². The van der Waals surface area contributed by atoms with Gasteiger partial charge in [0.25, 0.3) is 0 Å². The van der Waals surface area contributed by atoms with Crippen LogP contribution in [0.1, 0.15) is 39.5 Å². The number of rotatable bonds is 1. The largest absolute Gasteiger partial charge is 0.393 e. The molecule has 0 aromatic heterocycles. The van der Waals surface area contributed by atoms with E-state index in [4.69, 9.17) is 9.47 Å². The van der Waals surface area contributed by atoms with E-state index in [9.17, 15) is 20.1 Å². The van der Waals surface area contributed by atoms with Crippen molar-refractivity contribution in [1.29, 1.82) is 0 Å². The zero-order valence-corrected chi connectivity index (χ0v) is 16.2. The van der Waals surface area contributed by atoms with Crippen LogP contribution < -0.4 is 0 Å². The Labute approximate surface area is 159 Å². The van der Waals surface area contributed by atoms with Gasteiger partial charge in [-0.1, -0.05) is 20.4 Å². The minimum absolute atomic E-state index is 0.0353. The van der Waals surface area contributed by atoms with Gasteiger partial charge >= 0.3 is 0 Å². The third-order valence-corrected chi connectivity index (χ3v) is 9.16. The standard InChI is InChI=1S/C21H30O6/c1-9-10-7-11(22)15-20-6-5-13(23)19(2,3)12(20)8-14(27-18(20)26-4)21(15,16(9)24)17(10)25/h10-15,17-18,22-23,25H,1,5-8H2,2-4H3/t10-,11-,12+,13+,14?,15-,17+,18+,20+,21+/m0/s1. The van der Waals surface area contributed by atoms with Crippen LogP contribution >= 0.6 is 0 Å². The normalized spacial score (nSPS) is 58.1. The van der Waals surface area contributed by atoms with Gasteiger partial charge in [0.15, 0.2) is 12.1 Å². The molecule has 0 amide bonds. The highest BCUT2D eigenvalue weighted by Crippen LogP contribution is 2.75. The quantitative estimate of drug-likeness (QED) is 0.590. The fourth-order valence-electron chi connectivity index (χ4n) is 8.07. The first kappa shape index (κ1) is 18.3. The van der Waals surface area contributed by atoms with Gasteiger partial charge in [-0.25, -0.2) is 0 Å². The van der Waals surface area contributed by atoms with Crippen molar-refractivity contribution in [3.63, 3.8) is 0 Å². The molecule has 2 spiro atoms. The number of Topliss-reactive ketones (excluding diaryl/α,β-unsaturated/α-hetero) is 1. The second kappa shape index (κ2) is 5.22. The Morgan fingerprint density at radius 2 is 1.93 bits per heavy atom. The molecule has 0 aromatic carbocycles. The van der Waals surface area contributed by atoms with Gasteiger partial charge in [0.05, 0.1) is 29.8 Å². The number of aliphatic hydroxyl groups is 3. The smallest absolute Gasteiger partial charge is 0.170 e. The van der Waals surface area contributed by atoms with Crippen LogP contribution in [0.4, 0.5) is 0 Å². The third kappa shape index (κ3) is 1.71. The van der Waals surface area contributed by atoms with Crippen molar-refractivity contribution in [1.82, 2.24) is 0 Å². The molecule has 2 aliphatic heterocycles. The van der Waals surface area contributed by atoms with Crippen molar-refractivity contribution in [2.45, 2.75) is 70.2 Å². The number of carbonyl (C=O) groups excluding carboxylic acids is 1. The highest BCUT2D eigenvalue weighted by molar-refractivity contribution is 6.04. The number of carbonyl (C=O) groups is 1. The number of ketones is 1. The van der Waals surface area contributed by atoms with E-state index in [1.807, 2.05) is 0 Å². The molecule has 4 bridgehead atoms. The molecule has 6 rings (SSSR count). The molecule has 0 aromatic rings. The second-order valence-corrected chi connectivity index (χ2v) is 10.1. The first-order valence-corrected chi connectivity index (χ1v) is 10.1.